The maximum atomic E-state index is 11.5. The number of nitrogens with one attached hydrogen (secondary N) is 2. The van der Waals surface area contributed by atoms with E-state index >= 15 is 0 Å². The summed E-state index contributed by atoms with van der Waals surface area (Å²) >= 11 is 0. The minimum Gasteiger partial charge on any atom is -0.508 e. The molecule has 0 saturated heterocycles. The third-order valence-electron chi connectivity index (χ3n) is 2.08. The largest absolute Gasteiger partial charge is 0.508 e. The van der Waals surface area contributed by atoms with E-state index in [9.17, 15) is 13.2 Å². The molecule has 0 saturated carbocycles. The molecule has 0 aromatic heterocycles. The molecule has 0 aliphatic rings. The first-order chi connectivity index (χ1) is 7.94. The minimum absolute atomic E-state index is 0.0116. The van der Waals surface area contributed by atoms with E-state index in [2.05, 4.69) is 10.0 Å². The van der Waals surface area contributed by atoms with Gasteiger partial charge in [-0.05, 0) is 25.2 Å². The first kappa shape index (κ1) is 13.5. The first-order valence-corrected chi connectivity index (χ1v) is 6.58. The summed E-state index contributed by atoms with van der Waals surface area (Å²) in [4.78, 5) is 11.5. The highest BCUT2D eigenvalue weighted by Gasteiger charge is 2.09. The molecular formula is C10H14N2O4S. The molecule has 6 nitrogen and oxygen atoms in total. The molecule has 17 heavy (non-hydrogen) atoms. The van der Waals surface area contributed by atoms with Crippen molar-refractivity contribution in [1.29, 1.82) is 0 Å². The predicted molar refractivity (Wildman–Crippen MR) is 63.3 cm³/mol. The molecule has 3 N–H and O–H groups in total. The van der Waals surface area contributed by atoms with Crippen LogP contribution in [0.2, 0.25) is 0 Å². The van der Waals surface area contributed by atoms with Gasteiger partial charge in [0.05, 0.1) is 5.75 Å². The molecule has 0 aliphatic carbocycles. The van der Waals surface area contributed by atoms with Gasteiger partial charge in [0.2, 0.25) is 10.0 Å². The molecule has 0 heterocycles. The molecule has 0 aliphatic heterocycles. The van der Waals surface area contributed by atoms with Gasteiger partial charge in [-0.1, -0.05) is 6.07 Å². The third-order valence-corrected chi connectivity index (χ3v) is 3.44. The number of rotatable bonds is 5. The Hall–Kier alpha value is -1.60. The average Bonchev–Trinajstić information content (AvgIpc) is 2.28. The Morgan fingerprint density at radius 1 is 1.41 bits per heavy atom. The van der Waals surface area contributed by atoms with E-state index in [4.69, 9.17) is 5.11 Å². The van der Waals surface area contributed by atoms with Crippen LogP contribution < -0.4 is 10.0 Å². The molecule has 1 rings (SSSR count). The van der Waals surface area contributed by atoms with Crippen LogP contribution in [0.3, 0.4) is 0 Å². The number of benzene rings is 1. The first-order valence-electron chi connectivity index (χ1n) is 4.93. The van der Waals surface area contributed by atoms with Crippen molar-refractivity contribution in [1.82, 2.24) is 10.0 Å². The second-order valence-electron chi connectivity index (χ2n) is 3.33. The Morgan fingerprint density at radius 3 is 2.71 bits per heavy atom. The van der Waals surface area contributed by atoms with Gasteiger partial charge in [0.15, 0.2) is 0 Å². The normalized spacial score (nSPS) is 11.1. The Labute approximate surface area is 99.7 Å². The van der Waals surface area contributed by atoms with E-state index in [1.54, 1.807) is 0 Å². The lowest BCUT2D eigenvalue weighted by atomic mass is 10.2. The lowest BCUT2D eigenvalue weighted by molar-refractivity contribution is 0.0955. The van der Waals surface area contributed by atoms with Crippen molar-refractivity contribution in [3.63, 3.8) is 0 Å². The zero-order valence-corrected chi connectivity index (χ0v) is 10.1. The minimum atomic E-state index is -3.32. The van der Waals surface area contributed by atoms with Crippen LogP contribution in [-0.4, -0.2) is 38.8 Å². The van der Waals surface area contributed by atoms with E-state index in [1.165, 1.54) is 31.3 Å². The lowest BCUT2D eigenvalue weighted by Gasteiger charge is -2.05. The Balaban J connectivity index is 2.51. The second kappa shape index (κ2) is 5.65. The number of amides is 1. The van der Waals surface area contributed by atoms with Crippen molar-refractivity contribution in [3.8, 4) is 5.75 Å². The van der Waals surface area contributed by atoms with Gasteiger partial charge >= 0.3 is 0 Å². The number of carbonyl (C=O) groups is 1. The van der Waals surface area contributed by atoms with Gasteiger partial charge in [0.1, 0.15) is 5.75 Å². The van der Waals surface area contributed by atoms with Crippen LogP contribution >= 0.6 is 0 Å². The molecule has 1 aromatic carbocycles. The molecule has 1 amide bonds. The van der Waals surface area contributed by atoms with Crippen LogP contribution in [0, 0.1) is 0 Å². The maximum Gasteiger partial charge on any atom is 0.251 e. The number of hydrogen-bond donors (Lipinski definition) is 3. The SMILES string of the molecule is CNS(=O)(=O)CCNC(=O)c1cccc(O)c1. The van der Waals surface area contributed by atoms with Crippen molar-refractivity contribution in [2.24, 2.45) is 0 Å². The monoisotopic (exact) mass is 258 g/mol. The van der Waals surface area contributed by atoms with Gasteiger partial charge in [-0.15, -0.1) is 0 Å². The highest BCUT2D eigenvalue weighted by atomic mass is 32.2. The molecule has 0 bridgehead atoms. The van der Waals surface area contributed by atoms with Crippen LogP contribution in [0.4, 0.5) is 0 Å². The molecule has 0 unspecified atom stereocenters. The zero-order chi connectivity index (χ0) is 12.9. The number of carbonyl (C=O) groups excluding carboxylic acids is 1. The predicted octanol–water partition coefficient (Wildman–Crippen LogP) is -0.329. The molecule has 94 valence electrons. The van der Waals surface area contributed by atoms with Gasteiger partial charge in [0.25, 0.3) is 5.91 Å². The van der Waals surface area contributed by atoms with Crippen LogP contribution in [0.15, 0.2) is 24.3 Å². The van der Waals surface area contributed by atoms with E-state index in [1.807, 2.05) is 0 Å². The van der Waals surface area contributed by atoms with E-state index in [-0.39, 0.29) is 23.6 Å². The number of phenolic OH excluding ortho intramolecular Hbond substituents is 1. The molecule has 0 radical (unpaired) electrons. The molecule has 0 spiro atoms. The van der Waals surface area contributed by atoms with E-state index < -0.39 is 15.9 Å². The maximum absolute atomic E-state index is 11.5. The summed E-state index contributed by atoms with van der Waals surface area (Å²) in [5.41, 5.74) is 0.284. The number of phenols is 1. The fourth-order valence-corrected chi connectivity index (χ4v) is 1.73. The summed E-state index contributed by atoms with van der Waals surface area (Å²) in [6.45, 7) is 0.0116. The molecule has 1 aromatic rings. The molecule has 7 heteroatoms. The summed E-state index contributed by atoms with van der Waals surface area (Å²) in [7, 11) is -2.01. The van der Waals surface area contributed by atoms with Gasteiger partial charge in [-0.2, -0.15) is 0 Å². The highest BCUT2D eigenvalue weighted by Crippen LogP contribution is 2.10. The molecule has 0 atom stereocenters. The van der Waals surface area contributed by atoms with Gasteiger partial charge in [-0.3, -0.25) is 4.79 Å². The van der Waals surface area contributed by atoms with Crippen LogP contribution in [-0.2, 0) is 10.0 Å². The van der Waals surface area contributed by atoms with Crippen molar-refractivity contribution >= 4 is 15.9 Å². The highest BCUT2D eigenvalue weighted by molar-refractivity contribution is 7.89. The smallest absolute Gasteiger partial charge is 0.251 e. The Morgan fingerprint density at radius 2 is 2.12 bits per heavy atom. The topological polar surface area (TPSA) is 95.5 Å². The van der Waals surface area contributed by atoms with Crippen LogP contribution in [0.25, 0.3) is 0 Å². The Bertz CT molecular complexity index is 499. The second-order valence-corrected chi connectivity index (χ2v) is 5.38. The Kier molecular flexibility index (Phi) is 4.47. The number of aromatic hydroxyl groups is 1. The van der Waals surface area contributed by atoms with Crippen LogP contribution in [0.1, 0.15) is 10.4 Å². The van der Waals surface area contributed by atoms with Crippen LogP contribution in [0.5, 0.6) is 5.75 Å². The zero-order valence-electron chi connectivity index (χ0n) is 9.30. The standard InChI is InChI=1S/C10H14N2O4S/c1-11-17(15,16)6-5-12-10(14)8-3-2-4-9(13)7-8/h2-4,7,11,13H,5-6H2,1H3,(H,12,14). The quantitative estimate of drug-likeness (QED) is 0.674. The van der Waals surface area contributed by atoms with E-state index in [0.717, 1.165) is 0 Å². The van der Waals surface area contributed by atoms with Gasteiger partial charge < -0.3 is 10.4 Å². The van der Waals surface area contributed by atoms with Gasteiger partial charge in [-0.25, -0.2) is 13.1 Å². The van der Waals surface area contributed by atoms with Gasteiger partial charge in [0, 0.05) is 12.1 Å². The van der Waals surface area contributed by atoms with E-state index in [0.29, 0.717) is 0 Å². The summed E-state index contributed by atoms with van der Waals surface area (Å²) in [5.74, 6) is -0.624. The summed E-state index contributed by atoms with van der Waals surface area (Å²) in [6, 6.07) is 5.82. The fourth-order valence-electron chi connectivity index (χ4n) is 1.15. The van der Waals surface area contributed by atoms with Crippen molar-refractivity contribution in [2.45, 2.75) is 0 Å². The van der Waals surface area contributed by atoms with Crippen molar-refractivity contribution in [3.05, 3.63) is 29.8 Å². The molecule has 0 fully saturated rings. The number of sulfonamides is 1. The lowest BCUT2D eigenvalue weighted by Crippen LogP contribution is -2.32. The number of hydrogen-bond acceptors (Lipinski definition) is 4. The summed E-state index contributed by atoms with van der Waals surface area (Å²) < 4.78 is 24.3. The third kappa shape index (κ3) is 4.41. The van der Waals surface area contributed by atoms with Crippen molar-refractivity contribution < 1.29 is 18.3 Å². The average molecular weight is 258 g/mol. The summed E-state index contributed by atoms with van der Waals surface area (Å²) in [6.07, 6.45) is 0. The fraction of sp³-hybridized carbons (Fsp3) is 0.300. The molecular weight excluding hydrogens is 244 g/mol. The summed E-state index contributed by atoms with van der Waals surface area (Å²) in [5, 5.41) is 11.6. The van der Waals surface area contributed by atoms with Crippen molar-refractivity contribution in [2.75, 3.05) is 19.3 Å².